The Morgan fingerprint density at radius 2 is 1.94 bits per heavy atom. The fourth-order valence-corrected chi connectivity index (χ4v) is 2.60. The SMILES string of the molecule is Cc1nn(CCS(=O)(=O)C(C)C)c(C)c1CN. The van der Waals surface area contributed by atoms with Crippen LogP contribution < -0.4 is 5.73 Å². The highest BCUT2D eigenvalue weighted by Gasteiger charge is 2.17. The fraction of sp³-hybridized carbons (Fsp3) is 0.727. The van der Waals surface area contributed by atoms with Crippen molar-refractivity contribution in [3.63, 3.8) is 0 Å². The molecule has 17 heavy (non-hydrogen) atoms. The predicted octanol–water partition coefficient (Wildman–Crippen LogP) is 0.782. The van der Waals surface area contributed by atoms with E-state index in [1.807, 2.05) is 13.8 Å². The summed E-state index contributed by atoms with van der Waals surface area (Å²) in [5.74, 6) is 0.122. The lowest BCUT2D eigenvalue weighted by Gasteiger charge is -2.09. The number of rotatable bonds is 5. The molecule has 0 radical (unpaired) electrons. The van der Waals surface area contributed by atoms with E-state index in [0.29, 0.717) is 13.1 Å². The molecule has 0 saturated carbocycles. The van der Waals surface area contributed by atoms with Crippen LogP contribution in [0.3, 0.4) is 0 Å². The third-order valence-electron chi connectivity index (χ3n) is 3.04. The van der Waals surface area contributed by atoms with Crippen LogP contribution >= 0.6 is 0 Å². The van der Waals surface area contributed by atoms with Gasteiger partial charge in [0.2, 0.25) is 0 Å². The van der Waals surface area contributed by atoms with Gasteiger partial charge in [-0.05, 0) is 27.7 Å². The molecule has 6 heteroatoms. The molecule has 0 spiro atoms. The first-order valence-electron chi connectivity index (χ1n) is 5.74. The first kappa shape index (κ1) is 14.2. The summed E-state index contributed by atoms with van der Waals surface area (Å²) in [7, 11) is -3.02. The Bertz CT molecular complexity index is 489. The van der Waals surface area contributed by atoms with Crippen molar-refractivity contribution in [2.24, 2.45) is 5.73 Å². The Balaban J connectivity index is 2.84. The summed E-state index contributed by atoms with van der Waals surface area (Å²) in [6, 6.07) is 0. The zero-order chi connectivity index (χ0) is 13.2. The second-order valence-corrected chi connectivity index (χ2v) is 7.17. The highest BCUT2D eigenvalue weighted by Crippen LogP contribution is 2.12. The molecule has 0 saturated heterocycles. The standard InChI is InChI=1S/C11H21N3O2S/c1-8(2)17(15,16)6-5-14-10(4)11(7-12)9(3)13-14/h8H,5-7,12H2,1-4H3. The summed E-state index contributed by atoms with van der Waals surface area (Å²) < 4.78 is 25.2. The van der Waals surface area contributed by atoms with Gasteiger partial charge in [-0.1, -0.05) is 0 Å². The lowest BCUT2D eigenvalue weighted by Crippen LogP contribution is -2.22. The molecule has 0 aliphatic rings. The molecule has 0 aliphatic heterocycles. The molecular weight excluding hydrogens is 238 g/mol. The average Bonchev–Trinajstić information content (AvgIpc) is 2.50. The molecule has 1 aromatic rings. The number of hydrogen-bond acceptors (Lipinski definition) is 4. The third-order valence-corrected chi connectivity index (χ3v) is 5.23. The minimum absolute atomic E-state index is 0.122. The van der Waals surface area contributed by atoms with Gasteiger partial charge in [-0.2, -0.15) is 5.10 Å². The molecule has 2 N–H and O–H groups in total. The fourth-order valence-electron chi connectivity index (χ4n) is 1.70. The Kier molecular flexibility index (Phi) is 4.32. The molecule has 0 aromatic carbocycles. The van der Waals surface area contributed by atoms with E-state index in [2.05, 4.69) is 5.10 Å². The normalized spacial score (nSPS) is 12.4. The van der Waals surface area contributed by atoms with Crippen molar-refractivity contribution >= 4 is 9.84 Å². The maximum atomic E-state index is 11.7. The van der Waals surface area contributed by atoms with Crippen molar-refractivity contribution in [3.05, 3.63) is 17.0 Å². The minimum Gasteiger partial charge on any atom is -0.326 e. The first-order valence-corrected chi connectivity index (χ1v) is 7.45. The summed E-state index contributed by atoms with van der Waals surface area (Å²) in [6.45, 7) is 8.04. The van der Waals surface area contributed by atoms with Crippen LogP contribution in [0.25, 0.3) is 0 Å². The average molecular weight is 259 g/mol. The quantitative estimate of drug-likeness (QED) is 0.847. The van der Waals surface area contributed by atoms with Gasteiger partial charge in [0.15, 0.2) is 9.84 Å². The van der Waals surface area contributed by atoms with Crippen molar-refractivity contribution in [3.8, 4) is 0 Å². The molecule has 0 atom stereocenters. The van der Waals surface area contributed by atoms with Crippen LogP contribution in [0.2, 0.25) is 0 Å². The van der Waals surface area contributed by atoms with Gasteiger partial charge in [-0.25, -0.2) is 8.42 Å². The van der Waals surface area contributed by atoms with Crippen molar-refractivity contribution in [2.45, 2.75) is 46.0 Å². The van der Waals surface area contributed by atoms with Gasteiger partial charge in [0.05, 0.1) is 23.2 Å². The lowest BCUT2D eigenvalue weighted by atomic mass is 10.2. The first-order chi connectivity index (χ1) is 7.79. The molecule has 1 rings (SSSR count). The van der Waals surface area contributed by atoms with Crippen LogP contribution in [0.15, 0.2) is 0 Å². The monoisotopic (exact) mass is 259 g/mol. The van der Waals surface area contributed by atoms with Gasteiger partial charge in [0.25, 0.3) is 0 Å². The number of aryl methyl sites for hydroxylation is 2. The molecule has 1 heterocycles. The second kappa shape index (κ2) is 5.18. The molecule has 5 nitrogen and oxygen atoms in total. The lowest BCUT2D eigenvalue weighted by molar-refractivity contribution is 0.568. The minimum atomic E-state index is -3.02. The zero-order valence-electron chi connectivity index (χ0n) is 10.9. The molecule has 1 aromatic heterocycles. The highest BCUT2D eigenvalue weighted by molar-refractivity contribution is 7.91. The zero-order valence-corrected chi connectivity index (χ0v) is 11.7. The van der Waals surface area contributed by atoms with E-state index in [4.69, 9.17) is 5.73 Å². The van der Waals surface area contributed by atoms with Crippen LogP contribution in [0.1, 0.15) is 30.8 Å². The summed E-state index contributed by atoms with van der Waals surface area (Å²) in [6.07, 6.45) is 0. The molecule has 98 valence electrons. The molecule has 0 aliphatic carbocycles. The van der Waals surface area contributed by atoms with Crippen LogP contribution in [-0.2, 0) is 22.9 Å². The molecule has 0 fully saturated rings. The molecule has 0 unspecified atom stereocenters. The smallest absolute Gasteiger partial charge is 0.154 e. The Morgan fingerprint density at radius 3 is 2.35 bits per heavy atom. The van der Waals surface area contributed by atoms with E-state index < -0.39 is 9.84 Å². The topological polar surface area (TPSA) is 78.0 Å². The summed E-state index contributed by atoms with van der Waals surface area (Å²) in [5.41, 5.74) is 8.47. The van der Waals surface area contributed by atoms with E-state index in [9.17, 15) is 8.42 Å². The second-order valence-electron chi connectivity index (χ2n) is 4.49. The van der Waals surface area contributed by atoms with E-state index in [1.165, 1.54) is 0 Å². The number of nitrogens with zero attached hydrogens (tertiary/aromatic N) is 2. The van der Waals surface area contributed by atoms with Crippen molar-refractivity contribution in [1.82, 2.24) is 9.78 Å². The van der Waals surface area contributed by atoms with Crippen LogP contribution in [0.5, 0.6) is 0 Å². The Hall–Kier alpha value is -0.880. The van der Waals surface area contributed by atoms with Gasteiger partial charge in [0, 0.05) is 17.8 Å². The third kappa shape index (κ3) is 3.07. The predicted molar refractivity (Wildman–Crippen MR) is 68.5 cm³/mol. The summed E-state index contributed by atoms with van der Waals surface area (Å²) in [5, 5.41) is 3.98. The van der Waals surface area contributed by atoms with E-state index in [-0.39, 0.29) is 11.0 Å². The largest absolute Gasteiger partial charge is 0.326 e. The van der Waals surface area contributed by atoms with E-state index in [0.717, 1.165) is 17.0 Å². The molecule has 0 amide bonds. The highest BCUT2D eigenvalue weighted by atomic mass is 32.2. The maximum absolute atomic E-state index is 11.7. The summed E-state index contributed by atoms with van der Waals surface area (Å²) >= 11 is 0. The van der Waals surface area contributed by atoms with E-state index in [1.54, 1.807) is 18.5 Å². The van der Waals surface area contributed by atoms with Crippen LogP contribution in [0, 0.1) is 13.8 Å². The maximum Gasteiger partial charge on any atom is 0.154 e. The number of nitrogens with two attached hydrogens (primary N) is 1. The van der Waals surface area contributed by atoms with Crippen molar-refractivity contribution < 1.29 is 8.42 Å². The van der Waals surface area contributed by atoms with E-state index >= 15 is 0 Å². The van der Waals surface area contributed by atoms with Gasteiger partial charge < -0.3 is 5.73 Å². The summed E-state index contributed by atoms with van der Waals surface area (Å²) in [4.78, 5) is 0. The van der Waals surface area contributed by atoms with Crippen molar-refractivity contribution in [1.29, 1.82) is 0 Å². The number of hydrogen-bond donors (Lipinski definition) is 1. The van der Waals surface area contributed by atoms with Crippen LogP contribution in [0.4, 0.5) is 0 Å². The Morgan fingerprint density at radius 1 is 1.35 bits per heavy atom. The van der Waals surface area contributed by atoms with Crippen molar-refractivity contribution in [2.75, 3.05) is 5.75 Å². The van der Waals surface area contributed by atoms with Gasteiger partial charge in [0.1, 0.15) is 0 Å². The Labute approximate surface area is 103 Å². The van der Waals surface area contributed by atoms with Gasteiger partial charge in [-0.3, -0.25) is 4.68 Å². The van der Waals surface area contributed by atoms with Gasteiger partial charge >= 0.3 is 0 Å². The number of aromatic nitrogens is 2. The molecular formula is C11H21N3O2S. The molecule has 0 bridgehead atoms. The number of sulfone groups is 1. The van der Waals surface area contributed by atoms with Crippen LogP contribution in [-0.4, -0.2) is 29.2 Å². The van der Waals surface area contributed by atoms with Gasteiger partial charge in [-0.15, -0.1) is 0 Å².